The predicted molar refractivity (Wildman–Crippen MR) is 130 cm³/mol. The lowest BCUT2D eigenvalue weighted by molar-refractivity contribution is -0.179. The molecule has 2 aromatic heterocycles. The SMILES string of the molecule is CNC(=O)COc1cc2cc(Nc3nc(N4CCC(C(F)(F)F)CC4)ncc3Cl)ccc2n(C)c1=O. The van der Waals surface area contributed by atoms with Gasteiger partial charge in [-0.2, -0.15) is 18.2 Å². The zero-order valence-electron chi connectivity index (χ0n) is 19.5. The molecule has 1 amide bonds. The number of nitrogens with zero attached hydrogens (tertiary/aromatic N) is 4. The number of alkyl halides is 3. The molecule has 192 valence electrons. The largest absolute Gasteiger partial charge is 0.478 e. The van der Waals surface area contributed by atoms with Crippen LogP contribution in [0.25, 0.3) is 10.9 Å². The third kappa shape index (κ3) is 5.48. The molecule has 1 aliphatic rings. The van der Waals surface area contributed by atoms with Crippen LogP contribution in [-0.4, -0.2) is 53.4 Å². The fourth-order valence-corrected chi connectivity index (χ4v) is 4.13. The Morgan fingerprint density at radius 3 is 2.64 bits per heavy atom. The number of aryl methyl sites for hydroxylation is 1. The van der Waals surface area contributed by atoms with E-state index in [0.29, 0.717) is 22.4 Å². The molecule has 36 heavy (non-hydrogen) atoms. The Bertz CT molecular complexity index is 1340. The Morgan fingerprint density at radius 2 is 1.97 bits per heavy atom. The second-order valence-electron chi connectivity index (χ2n) is 8.40. The minimum absolute atomic E-state index is 0.0219. The molecule has 0 unspecified atom stereocenters. The maximum Gasteiger partial charge on any atom is 0.391 e. The number of amides is 1. The fourth-order valence-electron chi connectivity index (χ4n) is 3.99. The number of anilines is 3. The molecule has 2 N–H and O–H groups in total. The Balaban J connectivity index is 1.56. The second-order valence-corrected chi connectivity index (χ2v) is 8.81. The summed E-state index contributed by atoms with van der Waals surface area (Å²) < 4.78 is 45.8. The molecule has 3 aromatic rings. The Hall–Kier alpha value is -3.54. The van der Waals surface area contributed by atoms with Gasteiger partial charge in [0, 0.05) is 38.3 Å². The van der Waals surface area contributed by atoms with Gasteiger partial charge in [-0.15, -0.1) is 0 Å². The molecule has 0 atom stereocenters. The van der Waals surface area contributed by atoms with Crippen molar-refractivity contribution >= 4 is 45.9 Å². The number of fused-ring (bicyclic) bond motifs is 1. The highest BCUT2D eigenvalue weighted by Gasteiger charge is 2.41. The van der Waals surface area contributed by atoms with Gasteiger partial charge in [0.25, 0.3) is 11.5 Å². The Labute approximate surface area is 209 Å². The van der Waals surface area contributed by atoms with Crippen LogP contribution in [0.15, 0.2) is 35.3 Å². The van der Waals surface area contributed by atoms with Crippen molar-refractivity contribution in [2.75, 3.05) is 37.0 Å². The number of carbonyl (C=O) groups excluding carboxylic acids is 1. The van der Waals surface area contributed by atoms with Gasteiger partial charge in [-0.05, 0) is 37.1 Å². The summed E-state index contributed by atoms with van der Waals surface area (Å²) in [5.74, 6) is -1.09. The summed E-state index contributed by atoms with van der Waals surface area (Å²) in [5, 5.41) is 6.43. The molecular weight excluding hydrogens is 501 g/mol. The molecule has 13 heteroatoms. The topological polar surface area (TPSA) is 101 Å². The molecule has 1 saturated heterocycles. The van der Waals surface area contributed by atoms with Gasteiger partial charge in [0.1, 0.15) is 5.02 Å². The molecule has 0 saturated carbocycles. The monoisotopic (exact) mass is 524 g/mol. The van der Waals surface area contributed by atoms with E-state index in [1.807, 2.05) is 0 Å². The number of benzene rings is 1. The Kier molecular flexibility index (Phi) is 7.25. The van der Waals surface area contributed by atoms with Crippen LogP contribution in [0, 0.1) is 5.92 Å². The molecule has 3 heterocycles. The molecular formula is C23H24ClF3N6O3. The fraction of sp³-hybridized carbons (Fsp3) is 0.391. The number of pyridine rings is 1. The van der Waals surface area contributed by atoms with Gasteiger partial charge in [0.2, 0.25) is 5.95 Å². The third-order valence-electron chi connectivity index (χ3n) is 6.06. The van der Waals surface area contributed by atoms with Crippen LogP contribution in [0.3, 0.4) is 0 Å². The van der Waals surface area contributed by atoms with Crippen molar-refractivity contribution < 1.29 is 22.7 Å². The average molecular weight is 525 g/mol. The summed E-state index contributed by atoms with van der Waals surface area (Å²) in [7, 11) is 3.07. The standard InChI is InChI=1S/C23H24ClF3N6O3/c1-28-19(34)12-36-18-10-13-9-15(3-4-17(13)32(2)21(18)35)30-20-16(24)11-29-22(31-20)33-7-5-14(6-8-33)23(25,26)27/h3-4,9-11,14H,5-8,12H2,1-2H3,(H,28,34)(H,29,30,31). The van der Waals surface area contributed by atoms with Crippen molar-refractivity contribution in [1.82, 2.24) is 19.9 Å². The van der Waals surface area contributed by atoms with Gasteiger partial charge in [-0.25, -0.2) is 4.98 Å². The number of aromatic nitrogens is 3. The highest BCUT2D eigenvalue weighted by atomic mass is 35.5. The van der Waals surface area contributed by atoms with E-state index < -0.39 is 12.1 Å². The summed E-state index contributed by atoms with van der Waals surface area (Å²) in [6.07, 6.45) is -2.85. The van der Waals surface area contributed by atoms with E-state index >= 15 is 0 Å². The summed E-state index contributed by atoms with van der Waals surface area (Å²) in [6.45, 7) is 0.0802. The van der Waals surface area contributed by atoms with Crippen LogP contribution in [0.5, 0.6) is 5.75 Å². The number of ether oxygens (including phenoxy) is 1. The molecule has 9 nitrogen and oxygen atoms in total. The van der Waals surface area contributed by atoms with Crippen molar-refractivity contribution in [3.63, 3.8) is 0 Å². The summed E-state index contributed by atoms with van der Waals surface area (Å²) in [4.78, 5) is 34.4. The summed E-state index contributed by atoms with van der Waals surface area (Å²) >= 11 is 6.28. The zero-order chi connectivity index (χ0) is 26.0. The van der Waals surface area contributed by atoms with Gasteiger partial charge in [0.15, 0.2) is 18.2 Å². The summed E-state index contributed by atoms with van der Waals surface area (Å²) in [5.41, 5.74) is 0.852. The van der Waals surface area contributed by atoms with E-state index in [9.17, 15) is 22.8 Å². The van der Waals surface area contributed by atoms with Crippen LogP contribution in [0.2, 0.25) is 5.02 Å². The number of rotatable bonds is 6. The van der Waals surface area contributed by atoms with E-state index in [0.717, 1.165) is 0 Å². The first kappa shape index (κ1) is 25.5. The van der Waals surface area contributed by atoms with Crippen LogP contribution in [-0.2, 0) is 11.8 Å². The number of likely N-dealkylation sites (N-methyl/N-ethyl adjacent to an activating group) is 1. The van der Waals surface area contributed by atoms with Crippen molar-refractivity contribution in [2.45, 2.75) is 19.0 Å². The van der Waals surface area contributed by atoms with Gasteiger partial charge in [-0.3, -0.25) is 9.59 Å². The van der Waals surface area contributed by atoms with Crippen LogP contribution in [0.1, 0.15) is 12.8 Å². The lowest BCUT2D eigenvalue weighted by atomic mass is 9.96. The first-order valence-corrected chi connectivity index (χ1v) is 11.5. The first-order valence-electron chi connectivity index (χ1n) is 11.1. The predicted octanol–water partition coefficient (Wildman–Crippen LogP) is 3.63. The molecule has 0 bridgehead atoms. The zero-order valence-corrected chi connectivity index (χ0v) is 20.3. The lowest BCUT2D eigenvalue weighted by Gasteiger charge is -2.33. The average Bonchev–Trinajstić information content (AvgIpc) is 2.86. The molecule has 0 aliphatic carbocycles. The highest BCUT2D eigenvalue weighted by Crippen LogP contribution is 2.35. The van der Waals surface area contributed by atoms with Crippen LogP contribution < -0.4 is 25.8 Å². The van der Waals surface area contributed by atoms with Gasteiger partial charge in [-0.1, -0.05) is 11.6 Å². The molecule has 1 aliphatic heterocycles. The normalized spacial score (nSPS) is 14.7. The molecule has 4 rings (SSSR count). The molecule has 1 aromatic carbocycles. The second kappa shape index (κ2) is 10.2. The summed E-state index contributed by atoms with van der Waals surface area (Å²) in [6, 6.07) is 6.78. The van der Waals surface area contributed by atoms with Crippen molar-refractivity contribution in [3.8, 4) is 5.75 Å². The van der Waals surface area contributed by atoms with E-state index in [-0.39, 0.29) is 60.7 Å². The quantitative estimate of drug-likeness (QED) is 0.508. The molecule has 0 radical (unpaired) electrons. The smallest absolute Gasteiger partial charge is 0.391 e. The number of hydrogen-bond acceptors (Lipinski definition) is 7. The van der Waals surface area contributed by atoms with Gasteiger partial charge in [0.05, 0.1) is 17.6 Å². The van der Waals surface area contributed by atoms with E-state index in [1.54, 1.807) is 36.2 Å². The maximum atomic E-state index is 13.0. The minimum atomic E-state index is -4.20. The van der Waals surface area contributed by atoms with E-state index in [1.165, 1.54) is 17.8 Å². The van der Waals surface area contributed by atoms with Gasteiger partial charge < -0.3 is 24.8 Å². The van der Waals surface area contributed by atoms with Crippen molar-refractivity contribution in [2.24, 2.45) is 13.0 Å². The third-order valence-corrected chi connectivity index (χ3v) is 6.34. The Morgan fingerprint density at radius 1 is 1.25 bits per heavy atom. The number of halogens is 4. The van der Waals surface area contributed by atoms with Crippen molar-refractivity contribution in [3.05, 3.63) is 45.8 Å². The lowest BCUT2D eigenvalue weighted by Crippen LogP contribution is -2.39. The highest BCUT2D eigenvalue weighted by molar-refractivity contribution is 6.32. The number of nitrogens with one attached hydrogen (secondary N) is 2. The van der Waals surface area contributed by atoms with Crippen molar-refractivity contribution in [1.29, 1.82) is 0 Å². The van der Waals surface area contributed by atoms with E-state index in [2.05, 4.69) is 20.6 Å². The van der Waals surface area contributed by atoms with Crippen LogP contribution >= 0.6 is 11.6 Å². The number of carbonyl (C=O) groups is 1. The molecule has 0 spiro atoms. The minimum Gasteiger partial charge on any atom is -0.478 e. The van der Waals surface area contributed by atoms with Gasteiger partial charge >= 0.3 is 6.18 Å². The first-order chi connectivity index (χ1) is 17.1. The van der Waals surface area contributed by atoms with Crippen LogP contribution in [0.4, 0.5) is 30.6 Å². The molecule has 1 fully saturated rings. The van der Waals surface area contributed by atoms with E-state index in [4.69, 9.17) is 16.3 Å². The maximum absolute atomic E-state index is 13.0. The number of hydrogen-bond donors (Lipinski definition) is 2. The number of piperidine rings is 1.